The fraction of sp³-hybridized carbons (Fsp3) is 0.500. The van der Waals surface area contributed by atoms with Gasteiger partial charge < -0.3 is 10.6 Å². The summed E-state index contributed by atoms with van der Waals surface area (Å²) >= 11 is 0. The summed E-state index contributed by atoms with van der Waals surface area (Å²) in [7, 11) is 0. The van der Waals surface area contributed by atoms with Crippen molar-refractivity contribution >= 4 is 5.69 Å². The van der Waals surface area contributed by atoms with E-state index < -0.39 is 0 Å². The number of pyridine rings is 1. The lowest BCUT2D eigenvalue weighted by atomic mass is 10.3. The molecule has 0 amide bonds. The van der Waals surface area contributed by atoms with E-state index in [4.69, 9.17) is 5.73 Å². The van der Waals surface area contributed by atoms with E-state index in [2.05, 4.69) is 29.8 Å². The Hall–Kier alpha value is -1.09. The summed E-state index contributed by atoms with van der Waals surface area (Å²) in [6.07, 6.45) is 1.88. The van der Waals surface area contributed by atoms with Gasteiger partial charge in [-0.25, -0.2) is 0 Å². The van der Waals surface area contributed by atoms with Gasteiger partial charge in [0.2, 0.25) is 0 Å². The summed E-state index contributed by atoms with van der Waals surface area (Å²) in [5.74, 6) is 0. The average Bonchev–Trinajstić information content (AvgIpc) is 2.21. The van der Waals surface area contributed by atoms with E-state index in [0.29, 0.717) is 6.54 Å². The molecule has 13 heavy (non-hydrogen) atoms. The van der Waals surface area contributed by atoms with Crippen LogP contribution in [0.1, 0.15) is 19.5 Å². The first-order chi connectivity index (χ1) is 6.31. The van der Waals surface area contributed by atoms with Crippen LogP contribution >= 0.6 is 0 Å². The first-order valence-corrected chi connectivity index (χ1v) is 4.71. The van der Waals surface area contributed by atoms with Crippen molar-refractivity contribution in [3.63, 3.8) is 0 Å². The number of hydrogen-bond acceptors (Lipinski definition) is 3. The van der Waals surface area contributed by atoms with Crippen molar-refractivity contribution in [1.29, 1.82) is 0 Å². The van der Waals surface area contributed by atoms with E-state index in [1.54, 1.807) is 0 Å². The molecule has 3 nitrogen and oxygen atoms in total. The van der Waals surface area contributed by atoms with Crippen LogP contribution in [-0.2, 0) is 6.54 Å². The van der Waals surface area contributed by atoms with Gasteiger partial charge in [-0.15, -0.1) is 0 Å². The van der Waals surface area contributed by atoms with E-state index in [0.717, 1.165) is 18.8 Å². The lowest BCUT2D eigenvalue weighted by Gasteiger charge is -2.20. The van der Waals surface area contributed by atoms with Crippen LogP contribution in [-0.4, -0.2) is 18.1 Å². The highest BCUT2D eigenvalue weighted by Crippen LogP contribution is 2.11. The Bertz CT molecular complexity index is 239. The van der Waals surface area contributed by atoms with Gasteiger partial charge in [-0.2, -0.15) is 0 Å². The van der Waals surface area contributed by atoms with Gasteiger partial charge >= 0.3 is 0 Å². The Morgan fingerprint density at radius 2 is 2.00 bits per heavy atom. The lowest BCUT2D eigenvalue weighted by molar-refractivity contribution is 0.858. The van der Waals surface area contributed by atoms with Crippen molar-refractivity contribution in [3.8, 4) is 0 Å². The maximum absolute atomic E-state index is 5.46. The van der Waals surface area contributed by atoms with Crippen LogP contribution in [0.4, 0.5) is 5.69 Å². The molecule has 0 atom stereocenters. The van der Waals surface area contributed by atoms with Gasteiger partial charge in [-0.1, -0.05) is 0 Å². The number of nitrogens with two attached hydrogens (primary N) is 1. The van der Waals surface area contributed by atoms with Crippen LogP contribution in [0.3, 0.4) is 0 Å². The summed E-state index contributed by atoms with van der Waals surface area (Å²) in [5, 5.41) is 0. The summed E-state index contributed by atoms with van der Waals surface area (Å²) in [6.45, 7) is 6.82. The van der Waals surface area contributed by atoms with Crippen LogP contribution in [0.5, 0.6) is 0 Å². The number of hydrogen-bond donors (Lipinski definition) is 1. The van der Waals surface area contributed by atoms with Gasteiger partial charge in [-0.05, 0) is 26.0 Å². The Morgan fingerprint density at radius 3 is 2.38 bits per heavy atom. The second-order valence-electron chi connectivity index (χ2n) is 2.88. The highest BCUT2D eigenvalue weighted by Gasteiger charge is 2.00. The Kier molecular flexibility index (Phi) is 3.71. The zero-order chi connectivity index (χ0) is 9.68. The smallest absolute Gasteiger partial charge is 0.0552 e. The Labute approximate surface area is 79.6 Å². The standard InChI is InChI=1S/C10H17N3/c1-3-13(4-2)10-6-5-9(7-11)12-8-10/h5-6,8H,3-4,7,11H2,1-2H3. The van der Waals surface area contributed by atoms with Gasteiger partial charge in [0.1, 0.15) is 0 Å². The molecule has 0 aromatic carbocycles. The second kappa shape index (κ2) is 4.82. The molecule has 0 bridgehead atoms. The van der Waals surface area contributed by atoms with Gasteiger partial charge in [0, 0.05) is 19.6 Å². The van der Waals surface area contributed by atoms with Crippen LogP contribution in [0, 0.1) is 0 Å². The minimum absolute atomic E-state index is 0.512. The molecule has 3 heteroatoms. The van der Waals surface area contributed by atoms with Gasteiger partial charge in [0.05, 0.1) is 17.6 Å². The van der Waals surface area contributed by atoms with E-state index in [9.17, 15) is 0 Å². The fourth-order valence-electron chi connectivity index (χ4n) is 1.31. The van der Waals surface area contributed by atoms with E-state index in [1.165, 1.54) is 5.69 Å². The topological polar surface area (TPSA) is 42.1 Å². The summed E-state index contributed by atoms with van der Waals surface area (Å²) in [6, 6.07) is 4.05. The molecule has 0 aliphatic heterocycles. The fourth-order valence-corrected chi connectivity index (χ4v) is 1.31. The van der Waals surface area contributed by atoms with Crippen molar-refractivity contribution in [2.75, 3.05) is 18.0 Å². The molecule has 2 N–H and O–H groups in total. The normalized spacial score (nSPS) is 10.1. The Balaban J connectivity index is 2.78. The predicted octanol–water partition coefficient (Wildman–Crippen LogP) is 1.39. The van der Waals surface area contributed by atoms with Crippen molar-refractivity contribution in [1.82, 2.24) is 4.98 Å². The zero-order valence-corrected chi connectivity index (χ0v) is 8.33. The number of rotatable bonds is 4. The first kappa shape index (κ1) is 9.99. The van der Waals surface area contributed by atoms with Crippen LogP contribution in [0.15, 0.2) is 18.3 Å². The molecule has 0 fully saturated rings. The predicted molar refractivity (Wildman–Crippen MR) is 55.7 cm³/mol. The van der Waals surface area contributed by atoms with E-state index in [-0.39, 0.29) is 0 Å². The molecular weight excluding hydrogens is 162 g/mol. The van der Waals surface area contributed by atoms with Gasteiger partial charge in [-0.3, -0.25) is 4.98 Å². The summed E-state index contributed by atoms with van der Waals surface area (Å²) in [4.78, 5) is 6.50. The number of anilines is 1. The molecule has 72 valence electrons. The third kappa shape index (κ3) is 2.42. The van der Waals surface area contributed by atoms with E-state index in [1.807, 2.05) is 12.3 Å². The average molecular weight is 179 g/mol. The molecule has 0 radical (unpaired) electrons. The quantitative estimate of drug-likeness (QED) is 0.759. The van der Waals surface area contributed by atoms with Gasteiger partial charge in [0.25, 0.3) is 0 Å². The molecule has 1 rings (SSSR count). The van der Waals surface area contributed by atoms with Crippen molar-refractivity contribution in [3.05, 3.63) is 24.0 Å². The van der Waals surface area contributed by atoms with Gasteiger partial charge in [0.15, 0.2) is 0 Å². The minimum atomic E-state index is 0.512. The first-order valence-electron chi connectivity index (χ1n) is 4.71. The second-order valence-corrected chi connectivity index (χ2v) is 2.88. The molecule has 0 aliphatic carbocycles. The zero-order valence-electron chi connectivity index (χ0n) is 8.33. The largest absolute Gasteiger partial charge is 0.371 e. The molecule has 0 saturated heterocycles. The highest BCUT2D eigenvalue weighted by atomic mass is 15.1. The number of nitrogens with zero attached hydrogens (tertiary/aromatic N) is 2. The summed E-state index contributed by atoms with van der Waals surface area (Å²) < 4.78 is 0. The molecule has 0 unspecified atom stereocenters. The molecule has 1 aromatic heterocycles. The maximum Gasteiger partial charge on any atom is 0.0552 e. The monoisotopic (exact) mass is 179 g/mol. The summed E-state index contributed by atoms with van der Waals surface area (Å²) in [5.41, 5.74) is 7.57. The maximum atomic E-state index is 5.46. The molecular formula is C10H17N3. The van der Waals surface area contributed by atoms with Crippen molar-refractivity contribution < 1.29 is 0 Å². The molecule has 0 saturated carbocycles. The SMILES string of the molecule is CCN(CC)c1ccc(CN)nc1. The van der Waals surface area contributed by atoms with Crippen LogP contribution in [0.2, 0.25) is 0 Å². The third-order valence-corrected chi connectivity index (χ3v) is 2.15. The van der Waals surface area contributed by atoms with Crippen molar-refractivity contribution in [2.45, 2.75) is 20.4 Å². The van der Waals surface area contributed by atoms with Crippen molar-refractivity contribution in [2.24, 2.45) is 5.73 Å². The van der Waals surface area contributed by atoms with E-state index >= 15 is 0 Å². The highest BCUT2D eigenvalue weighted by molar-refractivity contribution is 5.44. The molecule has 1 heterocycles. The minimum Gasteiger partial charge on any atom is -0.371 e. The Morgan fingerprint density at radius 1 is 1.31 bits per heavy atom. The third-order valence-electron chi connectivity index (χ3n) is 2.15. The molecule has 1 aromatic rings. The lowest BCUT2D eigenvalue weighted by Crippen LogP contribution is -2.21. The van der Waals surface area contributed by atoms with Crippen LogP contribution in [0.25, 0.3) is 0 Å². The van der Waals surface area contributed by atoms with Crippen LogP contribution < -0.4 is 10.6 Å². The molecule has 0 aliphatic rings. The number of aromatic nitrogens is 1. The molecule has 0 spiro atoms.